The molecule has 2 aliphatic rings. The van der Waals surface area contributed by atoms with Crippen LogP contribution in [0.2, 0.25) is 0 Å². The summed E-state index contributed by atoms with van der Waals surface area (Å²) in [5, 5.41) is 12.3. The van der Waals surface area contributed by atoms with E-state index in [-0.39, 0.29) is 29.1 Å². The van der Waals surface area contributed by atoms with E-state index in [0.717, 1.165) is 17.4 Å². The molecule has 2 heterocycles. The van der Waals surface area contributed by atoms with Gasteiger partial charge >= 0.3 is 5.97 Å². The average molecular weight is 487 g/mol. The number of ether oxygens (including phenoxy) is 1. The highest BCUT2D eigenvalue weighted by Crippen LogP contribution is 2.38. The van der Waals surface area contributed by atoms with Crippen molar-refractivity contribution in [2.75, 3.05) is 26.7 Å². The van der Waals surface area contributed by atoms with E-state index in [2.05, 4.69) is 0 Å². The van der Waals surface area contributed by atoms with E-state index in [9.17, 15) is 19.5 Å². The molecule has 2 fully saturated rings. The summed E-state index contributed by atoms with van der Waals surface area (Å²) in [5.41, 5.74) is 0.323. The molecule has 0 aromatic heterocycles. The maximum atomic E-state index is 13.6. The van der Waals surface area contributed by atoms with Gasteiger partial charge in [-0.1, -0.05) is 60.7 Å². The van der Waals surface area contributed by atoms with E-state index in [1.54, 1.807) is 21.9 Å². The van der Waals surface area contributed by atoms with Gasteiger partial charge in [-0.25, -0.2) is 0 Å². The van der Waals surface area contributed by atoms with Gasteiger partial charge in [0.2, 0.25) is 5.91 Å². The number of amides is 2. The number of phenols is 1. The van der Waals surface area contributed by atoms with Crippen LogP contribution in [0.15, 0.2) is 66.7 Å². The summed E-state index contributed by atoms with van der Waals surface area (Å²) in [7, 11) is 1.40. The van der Waals surface area contributed by atoms with Crippen molar-refractivity contribution in [3.8, 4) is 5.75 Å². The number of esters is 1. The van der Waals surface area contributed by atoms with Crippen LogP contribution in [0.1, 0.15) is 41.6 Å². The Kier molecular flexibility index (Phi) is 6.39. The number of benzene rings is 3. The van der Waals surface area contributed by atoms with Gasteiger partial charge in [0.1, 0.15) is 11.8 Å². The Morgan fingerprint density at radius 2 is 1.61 bits per heavy atom. The smallest absolute Gasteiger partial charge is 0.316 e. The Morgan fingerprint density at radius 1 is 0.917 bits per heavy atom. The number of carbonyl (C=O) groups is 3. The number of hydrogen-bond acceptors (Lipinski definition) is 5. The second kappa shape index (κ2) is 9.64. The van der Waals surface area contributed by atoms with Crippen molar-refractivity contribution < 1.29 is 24.2 Å². The summed E-state index contributed by atoms with van der Waals surface area (Å²) in [6.45, 7) is 1.27. The van der Waals surface area contributed by atoms with Crippen molar-refractivity contribution in [2.24, 2.45) is 0 Å². The fourth-order valence-electron chi connectivity index (χ4n) is 5.73. The van der Waals surface area contributed by atoms with Gasteiger partial charge < -0.3 is 19.6 Å². The highest BCUT2D eigenvalue weighted by atomic mass is 16.5. The molecule has 3 aromatic rings. The number of carbonyl (C=O) groups excluding carboxylic acids is 3. The van der Waals surface area contributed by atoms with Gasteiger partial charge in [0, 0.05) is 25.0 Å². The van der Waals surface area contributed by atoms with Gasteiger partial charge in [0.25, 0.3) is 5.91 Å². The third kappa shape index (κ3) is 3.98. The standard InChI is InChI=1S/C29H30N2O5/c1-36-28(35)29(21-9-3-2-4-10-21)15-18-30(19-16-29)27(34)24-12-7-17-31(24)26(33)23-14-13-20-8-5-6-11-22(20)25(23)32/h2-6,8-11,13-14,24,32H,7,12,15-19H2,1H3. The Hall–Kier alpha value is -3.87. The highest BCUT2D eigenvalue weighted by Gasteiger charge is 2.46. The first-order valence-electron chi connectivity index (χ1n) is 12.4. The van der Waals surface area contributed by atoms with E-state index in [0.29, 0.717) is 44.3 Å². The fourth-order valence-corrected chi connectivity index (χ4v) is 5.73. The van der Waals surface area contributed by atoms with Gasteiger partial charge in [0.15, 0.2) is 0 Å². The van der Waals surface area contributed by atoms with Crippen molar-refractivity contribution in [1.29, 1.82) is 0 Å². The van der Waals surface area contributed by atoms with Crippen LogP contribution in [0.5, 0.6) is 5.75 Å². The average Bonchev–Trinajstić information content (AvgIpc) is 3.43. The number of aromatic hydroxyl groups is 1. The summed E-state index contributed by atoms with van der Waals surface area (Å²) in [6.07, 6.45) is 2.22. The molecule has 7 nitrogen and oxygen atoms in total. The minimum absolute atomic E-state index is 0.0557. The van der Waals surface area contributed by atoms with Crippen LogP contribution in [-0.4, -0.2) is 65.5 Å². The molecular formula is C29H30N2O5. The molecular weight excluding hydrogens is 456 g/mol. The van der Waals surface area contributed by atoms with E-state index in [1.807, 2.05) is 54.6 Å². The molecule has 5 rings (SSSR count). The maximum absolute atomic E-state index is 13.6. The summed E-state index contributed by atoms with van der Waals surface area (Å²) in [4.78, 5) is 43.2. The Morgan fingerprint density at radius 3 is 2.33 bits per heavy atom. The van der Waals surface area contributed by atoms with E-state index in [4.69, 9.17) is 4.74 Å². The first-order valence-corrected chi connectivity index (χ1v) is 12.4. The molecule has 0 saturated carbocycles. The normalized spacial score (nSPS) is 19.3. The van der Waals surface area contributed by atoms with Crippen LogP contribution in [0.4, 0.5) is 0 Å². The number of rotatable bonds is 4. The number of nitrogens with zero attached hydrogens (tertiary/aromatic N) is 2. The monoisotopic (exact) mass is 486 g/mol. The molecule has 186 valence electrons. The zero-order valence-electron chi connectivity index (χ0n) is 20.4. The van der Waals surface area contributed by atoms with Crippen molar-refractivity contribution in [3.05, 3.63) is 77.9 Å². The van der Waals surface area contributed by atoms with E-state index in [1.165, 1.54) is 7.11 Å². The number of methoxy groups -OCH3 is 1. The van der Waals surface area contributed by atoms with Crippen LogP contribution in [0.3, 0.4) is 0 Å². The predicted octanol–water partition coefficient (Wildman–Crippen LogP) is 3.88. The fraction of sp³-hybridized carbons (Fsp3) is 0.345. The van der Waals surface area contributed by atoms with Gasteiger partial charge in [-0.3, -0.25) is 14.4 Å². The molecule has 2 amide bonds. The Bertz CT molecular complexity index is 1300. The molecule has 1 atom stereocenters. The molecule has 2 aliphatic heterocycles. The van der Waals surface area contributed by atoms with Crippen molar-refractivity contribution >= 4 is 28.6 Å². The molecule has 36 heavy (non-hydrogen) atoms. The van der Waals surface area contributed by atoms with Crippen LogP contribution >= 0.6 is 0 Å². The maximum Gasteiger partial charge on any atom is 0.316 e. The lowest BCUT2D eigenvalue weighted by molar-refractivity contribution is -0.152. The third-order valence-corrected chi connectivity index (χ3v) is 7.76. The summed E-state index contributed by atoms with van der Waals surface area (Å²) < 4.78 is 5.16. The second-order valence-corrected chi connectivity index (χ2v) is 9.60. The lowest BCUT2D eigenvalue weighted by Crippen LogP contribution is -2.54. The quantitative estimate of drug-likeness (QED) is 0.566. The molecule has 1 unspecified atom stereocenters. The number of fused-ring (bicyclic) bond motifs is 1. The van der Waals surface area contributed by atoms with Crippen LogP contribution < -0.4 is 0 Å². The third-order valence-electron chi connectivity index (χ3n) is 7.76. The van der Waals surface area contributed by atoms with Crippen LogP contribution in [0, 0.1) is 0 Å². The van der Waals surface area contributed by atoms with Gasteiger partial charge in [-0.2, -0.15) is 0 Å². The highest BCUT2D eigenvalue weighted by molar-refractivity contribution is 6.05. The minimum Gasteiger partial charge on any atom is -0.506 e. The zero-order chi connectivity index (χ0) is 25.3. The number of phenolic OH excluding ortho intramolecular Hbond substituents is 1. The van der Waals surface area contributed by atoms with Gasteiger partial charge in [-0.15, -0.1) is 0 Å². The first-order chi connectivity index (χ1) is 17.5. The Labute approximate surface area is 210 Å². The molecule has 0 aliphatic carbocycles. The van der Waals surface area contributed by atoms with Crippen LogP contribution in [-0.2, 0) is 19.7 Å². The Balaban J connectivity index is 1.34. The molecule has 2 saturated heterocycles. The molecule has 1 N–H and O–H groups in total. The molecule has 0 spiro atoms. The first kappa shape index (κ1) is 23.9. The lowest BCUT2D eigenvalue weighted by atomic mass is 9.72. The number of hydrogen-bond donors (Lipinski definition) is 1. The zero-order valence-corrected chi connectivity index (χ0v) is 20.4. The molecule has 7 heteroatoms. The predicted molar refractivity (Wildman–Crippen MR) is 136 cm³/mol. The largest absolute Gasteiger partial charge is 0.506 e. The van der Waals surface area contributed by atoms with Crippen molar-refractivity contribution in [3.63, 3.8) is 0 Å². The molecule has 0 bridgehead atoms. The summed E-state index contributed by atoms with van der Waals surface area (Å²) in [6, 6.07) is 19.8. The molecule has 0 radical (unpaired) electrons. The van der Waals surface area contributed by atoms with Crippen molar-refractivity contribution in [2.45, 2.75) is 37.1 Å². The SMILES string of the molecule is COC(=O)C1(c2ccccc2)CCN(C(=O)C2CCCN2C(=O)c2ccc3ccccc3c2O)CC1. The summed E-state index contributed by atoms with van der Waals surface area (Å²) in [5.74, 6) is -0.780. The molecule has 3 aromatic carbocycles. The lowest BCUT2D eigenvalue weighted by Gasteiger charge is -2.41. The minimum atomic E-state index is -0.783. The number of likely N-dealkylation sites (tertiary alicyclic amines) is 2. The van der Waals surface area contributed by atoms with Crippen molar-refractivity contribution in [1.82, 2.24) is 9.80 Å². The number of piperidine rings is 1. The topological polar surface area (TPSA) is 87.2 Å². The van der Waals surface area contributed by atoms with Gasteiger partial charge in [0.05, 0.1) is 18.1 Å². The van der Waals surface area contributed by atoms with E-state index < -0.39 is 11.5 Å². The summed E-state index contributed by atoms with van der Waals surface area (Å²) >= 11 is 0. The van der Waals surface area contributed by atoms with E-state index >= 15 is 0 Å². The van der Waals surface area contributed by atoms with Gasteiger partial charge in [-0.05, 0) is 42.7 Å². The van der Waals surface area contributed by atoms with Crippen LogP contribution in [0.25, 0.3) is 10.8 Å². The second-order valence-electron chi connectivity index (χ2n) is 9.60.